The monoisotopic (exact) mass is 1200 g/mol. The minimum Gasteiger partial charge on any atom is -0.490 e. The average molecular weight is 1200 g/mol. The van der Waals surface area contributed by atoms with Crippen LogP contribution >= 0.6 is 0 Å². The van der Waals surface area contributed by atoms with Crippen molar-refractivity contribution in [2.75, 3.05) is 46.0 Å². The lowest BCUT2D eigenvalue weighted by atomic mass is 10.0. The lowest BCUT2D eigenvalue weighted by Gasteiger charge is -2.35. The molecule has 2 aromatic rings. The Bertz CT molecular complexity index is 1990. The summed E-state index contributed by atoms with van der Waals surface area (Å²) in [6, 6.07) is 8.07. The van der Waals surface area contributed by atoms with Crippen LogP contribution in [0.15, 0.2) is 35.4 Å². The highest BCUT2D eigenvalue weighted by Gasteiger charge is 2.28. The summed E-state index contributed by atoms with van der Waals surface area (Å²) < 4.78 is 20.0. The van der Waals surface area contributed by atoms with Crippen molar-refractivity contribution < 1.29 is 33.7 Å². The van der Waals surface area contributed by atoms with Crippen molar-refractivity contribution >= 4 is 17.8 Å². The zero-order valence-corrected chi connectivity index (χ0v) is 55.6. The molecule has 0 unspecified atom stereocenters. The molecule has 1 fully saturated rings. The number of hydrogen-bond donors (Lipinski definition) is 1. The first-order valence-corrected chi connectivity index (χ1v) is 36.4. The molecular weight excluding hydrogens is 1070 g/mol. The zero-order valence-electron chi connectivity index (χ0n) is 55.6. The van der Waals surface area contributed by atoms with Crippen molar-refractivity contribution in [1.82, 2.24) is 9.80 Å². The molecule has 2 amide bonds. The Balaban J connectivity index is 1.63. The third kappa shape index (κ3) is 36.8. The Morgan fingerprint density at radius 1 is 0.407 bits per heavy atom. The molecular formula is C74H127N5O7. The van der Waals surface area contributed by atoms with Crippen LogP contribution < -0.4 is 14.2 Å². The predicted molar refractivity (Wildman–Crippen MR) is 360 cm³/mol. The summed E-state index contributed by atoms with van der Waals surface area (Å²) >= 11 is 0. The second-order valence-corrected chi connectivity index (χ2v) is 25.4. The van der Waals surface area contributed by atoms with Crippen LogP contribution in [-0.4, -0.2) is 78.7 Å². The molecule has 1 aliphatic rings. The predicted octanol–water partition coefficient (Wildman–Crippen LogP) is 22.7. The summed E-state index contributed by atoms with van der Waals surface area (Å²) in [6.45, 7) is 9.56. The summed E-state index contributed by atoms with van der Waals surface area (Å²) in [5.41, 5.74) is 9.96. The number of carbonyl (C=O) groups is 3. The molecule has 2 aromatic carbocycles. The van der Waals surface area contributed by atoms with Gasteiger partial charge in [-0.3, -0.25) is 9.59 Å². The number of hydrogen-bond acceptors (Lipinski definition) is 7. The molecule has 1 N–H and O–H groups in total. The van der Waals surface area contributed by atoms with Gasteiger partial charge in [-0.25, -0.2) is 4.79 Å². The molecule has 490 valence electrons. The van der Waals surface area contributed by atoms with Gasteiger partial charge in [-0.15, -0.1) is 0 Å². The third-order valence-corrected chi connectivity index (χ3v) is 17.8. The minimum absolute atomic E-state index is 0.0113. The summed E-state index contributed by atoms with van der Waals surface area (Å²) in [7, 11) is 0. The van der Waals surface area contributed by atoms with Crippen LogP contribution in [0, 0.1) is 0 Å². The highest BCUT2D eigenvalue weighted by molar-refractivity contribution is 5.98. The SMILES string of the molecule is CCCCCCCCCCCCCCCCCCOc1cc(C(=O)N2CCN(C(=O)c3ccc(C(=O)O)c(CN=[N+]=[N-])c3)CC2)cc(OCCCCCCCCCCCCCCCCCC)c1OCCCCCCCCCCCCCCCCCC. The Labute approximate surface area is 525 Å². The van der Waals surface area contributed by atoms with E-state index in [9.17, 15) is 19.5 Å². The van der Waals surface area contributed by atoms with Crippen LogP contribution in [0.2, 0.25) is 0 Å². The van der Waals surface area contributed by atoms with Crippen LogP contribution in [0.5, 0.6) is 17.2 Å². The topological polar surface area (TPSA) is 154 Å². The van der Waals surface area contributed by atoms with Gasteiger partial charge in [0.1, 0.15) is 0 Å². The number of unbranched alkanes of at least 4 members (excludes halogenated alkanes) is 45. The minimum atomic E-state index is -1.16. The summed E-state index contributed by atoms with van der Waals surface area (Å²) in [4.78, 5) is 46.5. The lowest BCUT2D eigenvalue weighted by molar-refractivity contribution is 0.0535. The third-order valence-electron chi connectivity index (χ3n) is 17.8. The summed E-state index contributed by atoms with van der Waals surface area (Å²) in [6.07, 6.45) is 62.7. The van der Waals surface area contributed by atoms with Crippen LogP contribution in [-0.2, 0) is 6.54 Å². The van der Waals surface area contributed by atoms with Crippen LogP contribution in [0.4, 0.5) is 0 Å². The van der Waals surface area contributed by atoms with E-state index in [1.165, 1.54) is 288 Å². The van der Waals surface area contributed by atoms with E-state index in [0.29, 0.717) is 74.4 Å². The highest BCUT2D eigenvalue weighted by atomic mass is 16.5. The van der Waals surface area contributed by atoms with Gasteiger partial charge in [-0.05, 0) is 60.7 Å². The fourth-order valence-corrected chi connectivity index (χ4v) is 12.2. The second-order valence-electron chi connectivity index (χ2n) is 25.4. The van der Waals surface area contributed by atoms with Crippen molar-refractivity contribution in [3.8, 4) is 17.2 Å². The van der Waals surface area contributed by atoms with Crippen molar-refractivity contribution in [3.63, 3.8) is 0 Å². The van der Waals surface area contributed by atoms with Crippen LogP contribution in [0.25, 0.3) is 10.4 Å². The van der Waals surface area contributed by atoms with Gasteiger partial charge in [0.05, 0.1) is 31.9 Å². The number of nitrogens with zero attached hydrogens (tertiary/aromatic N) is 5. The lowest BCUT2D eigenvalue weighted by Crippen LogP contribution is -2.50. The number of carboxylic acids is 1. The smallest absolute Gasteiger partial charge is 0.335 e. The molecule has 86 heavy (non-hydrogen) atoms. The van der Waals surface area contributed by atoms with E-state index >= 15 is 0 Å². The Hall–Kier alpha value is -4.44. The normalized spacial score (nSPS) is 12.4. The first kappa shape index (κ1) is 75.8. The molecule has 1 heterocycles. The Morgan fingerprint density at radius 3 is 0.977 bits per heavy atom. The zero-order chi connectivity index (χ0) is 61.6. The molecule has 0 atom stereocenters. The van der Waals surface area contributed by atoms with Gasteiger partial charge in [0.25, 0.3) is 11.8 Å². The van der Waals surface area contributed by atoms with Crippen LogP contribution in [0.1, 0.15) is 366 Å². The highest BCUT2D eigenvalue weighted by Crippen LogP contribution is 2.40. The van der Waals surface area contributed by atoms with Gasteiger partial charge in [0, 0.05) is 42.2 Å². The fourth-order valence-electron chi connectivity index (χ4n) is 12.2. The van der Waals surface area contributed by atoms with Gasteiger partial charge in [-0.2, -0.15) is 0 Å². The molecule has 0 saturated carbocycles. The molecule has 1 aliphatic heterocycles. The molecule has 0 aromatic heterocycles. The molecule has 12 heteroatoms. The Kier molecular flexibility index (Phi) is 47.2. The van der Waals surface area contributed by atoms with E-state index in [4.69, 9.17) is 19.7 Å². The number of rotatable bonds is 59. The summed E-state index contributed by atoms with van der Waals surface area (Å²) in [5, 5.41) is 13.2. The maximum absolute atomic E-state index is 14.6. The van der Waals surface area contributed by atoms with E-state index in [2.05, 4.69) is 30.8 Å². The standard InChI is InChI=1S/C74H127N5O7/c1-4-7-10-13-16-19-22-25-28-31-34-37-40-43-46-49-58-84-69-62-66(73(81)79-56-54-78(55-57-79)72(80)65-52-53-68(74(82)83)67(61-65)64-76-77-75)63-70(85-59-50-47-44-41-38-35-32-29-26-23-20-17-14-11-8-5-2)71(69)86-60-51-48-45-42-39-36-33-30-27-24-21-18-15-12-9-6-3/h52-53,61-63H,4-51,54-60,64H2,1-3H3,(H,82,83). The fraction of sp³-hybridized carbons (Fsp3) is 0.797. The molecule has 3 rings (SSSR count). The van der Waals surface area contributed by atoms with E-state index in [0.717, 1.165) is 38.5 Å². The maximum Gasteiger partial charge on any atom is 0.335 e. The summed E-state index contributed by atoms with van der Waals surface area (Å²) in [5.74, 6) is 0.146. The average Bonchev–Trinajstić information content (AvgIpc) is 1.70. The number of amides is 2. The number of benzene rings is 2. The van der Waals surface area contributed by atoms with Gasteiger partial charge >= 0.3 is 5.97 Å². The van der Waals surface area contributed by atoms with Gasteiger partial charge < -0.3 is 29.1 Å². The second kappa shape index (κ2) is 53.6. The number of piperazine rings is 1. The number of carbonyl (C=O) groups excluding carboxylic acids is 2. The Morgan fingerprint density at radius 2 is 0.686 bits per heavy atom. The van der Waals surface area contributed by atoms with Gasteiger partial charge in [0.15, 0.2) is 11.5 Å². The number of ether oxygens (including phenoxy) is 3. The van der Waals surface area contributed by atoms with E-state index in [1.807, 2.05) is 12.1 Å². The van der Waals surface area contributed by atoms with Crippen LogP contribution in [0.3, 0.4) is 0 Å². The molecule has 1 saturated heterocycles. The van der Waals surface area contributed by atoms with Crippen molar-refractivity contribution in [3.05, 3.63) is 63.0 Å². The van der Waals surface area contributed by atoms with E-state index in [-0.39, 0.29) is 29.5 Å². The number of aromatic carboxylic acids is 1. The van der Waals surface area contributed by atoms with Gasteiger partial charge in [0.2, 0.25) is 5.75 Å². The molecule has 12 nitrogen and oxygen atoms in total. The van der Waals surface area contributed by atoms with Crippen molar-refractivity contribution in [1.29, 1.82) is 0 Å². The van der Waals surface area contributed by atoms with Gasteiger partial charge in [-0.1, -0.05) is 315 Å². The number of carboxylic acid groups (broad SMARTS) is 1. The first-order valence-electron chi connectivity index (χ1n) is 36.4. The molecule has 0 aliphatic carbocycles. The molecule has 0 bridgehead atoms. The number of azide groups is 1. The van der Waals surface area contributed by atoms with Crippen molar-refractivity contribution in [2.24, 2.45) is 5.11 Å². The van der Waals surface area contributed by atoms with E-state index < -0.39 is 5.97 Å². The maximum atomic E-state index is 14.6. The molecule has 0 radical (unpaired) electrons. The van der Waals surface area contributed by atoms with E-state index in [1.54, 1.807) is 9.80 Å². The van der Waals surface area contributed by atoms with Crippen molar-refractivity contribution in [2.45, 2.75) is 336 Å². The first-order chi connectivity index (χ1) is 42.3. The largest absolute Gasteiger partial charge is 0.490 e. The quantitative estimate of drug-likeness (QED) is 0.0299. The molecule has 0 spiro atoms.